The number of likely N-dealkylation sites (tertiary alicyclic amines) is 1. The normalized spacial score (nSPS) is 19.9. The van der Waals surface area contributed by atoms with Gasteiger partial charge in [0.15, 0.2) is 0 Å². The Kier molecular flexibility index (Phi) is 5.08. The molecule has 0 saturated carbocycles. The molecule has 1 saturated heterocycles. The van der Waals surface area contributed by atoms with Crippen molar-refractivity contribution in [3.63, 3.8) is 0 Å². The lowest BCUT2D eigenvalue weighted by Crippen LogP contribution is -2.39. The molecule has 1 aromatic carbocycles. The van der Waals surface area contributed by atoms with Crippen LogP contribution in [0.25, 0.3) is 0 Å². The van der Waals surface area contributed by atoms with E-state index in [4.69, 9.17) is 11.6 Å². The molecule has 0 aromatic heterocycles. The van der Waals surface area contributed by atoms with Gasteiger partial charge in [-0.25, -0.2) is 0 Å². The highest BCUT2D eigenvalue weighted by atomic mass is 35.5. The van der Waals surface area contributed by atoms with Crippen LogP contribution in [0.3, 0.4) is 0 Å². The molecule has 1 fully saturated rings. The Morgan fingerprint density at radius 1 is 1.47 bits per heavy atom. The molecule has 0 spiro atoms. The Balaban J connectivity index is 2.13. The van der Waals surface area contributed by atoms with Crippen LogP contribution in [0.15, 0.2) is 18.2 Å². The van der Waals surface area contributed by atoms with E-state index in [1.807, 2.05) is 18.2 Å². The number of halogens is 1. The Bertz CT molecular complexity index is 425. The molecular weight excluding hydrogens is 260 g/mol. The SMILES string of the molecule is CCN1CCCC1CN(C)c1c(Cl)cccc1CO. The van der Waals surface area contributed by atoms with E-state index in [1.54, 1.807) is 0 Å². The maximum atomic E-state index is 9.46. The lowest BCUT2D eigenvalue weighted by Gasteiger charge is -2.30. The van der Waals surface area contributed by atoms with Gasteiger partial charge < -0.3 is 10.0 Å². The average Bonchev–Trinajstić information content (AvgIpc) is 2.85. The summed E-state index contributed by atoms with van der Waals surface area (Å²) >= 11 is 6.29. The van der Waals surface area contributed by atoms with Crippen LogP contribution in [-0.4, -0.2) is 42.7 Å². The minimum absolute atomic E-state index is 0.0302. The highest BCUT2D eigenvalue weighted by molar-refractivity contribution is 6.33. The first-order valence-electron chi connectivity index (χ1n) is 7.00. The molecule has 1 atom stereocenters. The van der Waals surface area contributed by atoms with E-state index < -0.39 is 0 Å². The largest absolute Gasteiger partial charge is 0.392 e. The van der Waals surface area contributed by atoms with E-state index >= 15 is 0 Å². The van der Waals surface area contributed by atoms with Gasteiger partial charge in [-0.3, -0.25) is 4.90 Å². The maximum absolute atomic E-state index is 9.46. The second-order valence-corrected chi connectivity index (χ2v) is 5.62. The number of para-hydroxylation sites is 1. The van der Waals surface area contributed by atoms with Crippen molar-refractivity contribution in [1.82, 2.24) is 4.90 Å². The Hall–Kier alpha value is -0.770. The molecule has 0 radical (unpaired) electrons. The van der Waals surface area contributed by atoms with Crippen molar-refractivity contribution in [2.75, 3.05) is 31.6 Å². The summed E-state index contributed by atoms with van der Waals surface area (Å²) in [6.45, 7) is 5.51. The van der Waals surface area contributed by atoms with Crippen molar-refractivity contribution in [3.05, 3.63) is 28.8 Å². The lowest BCUT2D eigenvalue weighted by atomic mass is 10.1. The zero-order valence-corrected chi connectivity index (χ0v) is 12.5. The molecule has 0 amide bonds. The first-order valence-corrected chi connectivity index (χ1v) is 7.38. The van der Waals surface area contributed by atoms with Crippen molar-refractivity contribution >= 4 is 17.3 Å². The van der Waals surface area contributed by atoms with Crippen molar-refractivity contribution < 1.29 is 5.11 Å². The third-order valence-corrected chi connectivity index (χ3v) is 4.32. The number of aliphatic hydroxyl groups is 1. The zero-order valence-electron chi connectivity index (χ0n) is 11.8. The predicted molar refractivity (Wildman–Crippen MR) is 80.9 cm³/mol. The van der Waals surface area contributed by atoms with Crippen LogP contribution in [0.5, 0.6) is 0 Å². The summed E-state index contributed by atoms with van der Waals surface area (Å²) in [5, 5.41) is 10.2. The third kappa shape index (κ3) is 3.22. The van der Waals surface area contributed by atoms with Gasteiger partial charge >= 0.3 is 0 Å². The molecule has 4 heteroatoms. The van der Waals surface area contributed by atoms with Crippen LogP contribution in [0.1, 0.15) is 25.3 Å². The maximum Gasteiger partial charge on any atom is 0.0702 e. The molecule has 19 heavy (non-hydrogen) atoms. The molecule has 1 aliphatic heterocycles. The van der Waals surface area contributed by atoms with Gasteiger partial charge in [0, 0.05) is 25.2 Å². The van der Waals surface area contributed by atoms with Crippen molar-refractivity contribution in [3.8, 4) is 0 Å². The number of benzene rings is 1. The van der Waals surface area contributed by atoms with Gasteiger partial charge in [0.2, 0.25) is 0 Å². The molecular formula is C15H23ClN2O. The quantitative estimate of drug-likeness (QED) is 0.900. The second kappa shape index (κ2) is 6.60. The van der Waals surface area contributed by atoms with Crippen LogP contribution < -0.4 is 4.90 Å². The summed E-state index contributed by atoms with van der Waals surface area (Å²) in [5.41, 5.74) is 1.87. The molecule has 106 valence electrons. The van der Waals surface area contributed by atoms with E-state index in [2.05, 4.69) is 23.8 Å². The molecule has 1 aromatic rings. The van der Waals surface area contributed by atoms with E-state index in [0.717, 1.165) is 29.4 Å². The molecule has 1 heterocycles. The molecule has 1 N–H and O–H groups in total. The summed E-state index contributed by atoms with van der Waals surface area (Å²) in [5.74, 6) is 0. The van der Waals surface area contributed by atoms with Crippen molar-refractivity contribution in [2.24, 2.45) is 0 Å². The first-order chi connectivity index (χ1) is 9.17. The summed E-state index contributed by atoms with van der Waals surface area (Å²) < 4.78 is 0. The van der Waals surface area contributed by atoms with Gasteiger partial charge in [-0.2, -0.15) is 0 Å². The second-order valence-electron chi connectivity index (χ2n) is 5.21. The summed E-state index contributed by atoms with van der Waals surface area (Å²) in [7, 11) is 2.06. The lowest BCUT2D eigenvalue weighted by molar-refractivity contribution is 0.269. The van der Waals surface area contributed by atoms with E-state index in [0.29, 0.717) is 6.04 Å². The summed E-state index contributed by atoms with van der Waals surface area (Å²) in [6, 6.07) is 6.31. The fourth-order valence-electron chi connectivity index (χ4n) is 3.04. The van der Waals surface area contributed by atoms with Gasteiger partial charge in [0.1, 0.15) is 0 Å². The molecule has 1 aliphatic rings. The average molecular weight is 283 g/mol. The highest BCUT2D eigenvalue weighted by Gasteiger charge is 2.25. The van der Waals surface area contributed by atoms with Crippen LogP contribution in [-0.2, 0) is 6.61 Å². The Morgan fingerprint density at radius 2 is 2.26 bits per heavy atom. The predicted octanol–water partition coefficient (Wildman–Crippen LogP) is 2.75. The highest BCUT2D eigenvalue weighted by Crippen LogP contribution is 2.30. The number of rotatable bonds is 5. The molecule has 0 bridgehead atoms. The van der Waals surface area contributed by atoms with E-state index in [1.165, 1.54) is 19.4 Å². The Morgan fingerprint density at radius 3 is 2.95 bits per heavy atom. The summed E-state index contributed by atoms with van der Waals surface area (Å²) in [4.78, 5) is 4.71. The number of nitrogens with zero attached hydrogens (tertiary/aromatic N) is 2. The number of aliphatic hydroxyl groups excluding tert-OH is 1. The Labute approximate surface area is 120 Å². The molecule has 1 unspecified atom stereocenters. The summed E-state index contributed by atoms with van der Waals surface area (Å²) in [6.07, 6.45) is 2.53. The minimum Gasteiger partial charge on any atom is -0.392 e. The minimum atomic E-state index is 0.0302. The van der Waals surface area contributed by atoms with Crippen molar-refractivity contribution in [1.29, 1.82) is 0 Å². The van der Waals surface area contributed by atoms with Gasteiger partial charge in [-0.05, 0) is 32.0 Å². The van der Waals surface area contributed by atoms with Crippen LogP contribution in [0.2, 0.25) is 5.02 Å². The van der Waals surface area contributed by atoms with Gasteiger partial charge in [0.05, 0.1) is 17.3 Å². The molecule has 2 rings (SSSR count). The number of anilines is 1. The standard InChI is InChI=1S/C15H23ClN2O/c1-3-18-9-5-7-13(18)10-17(2)15-12(11-19)6-4-8-14(15)16/h4,6,8,13,19H,3,5,7,9-11H2,1-2H3. The molecule has 0 aliphatic carbocycles. The van der Waals surface area contributed by atoms with Gasteiger partial charge in [-0.15, -0.1) is 0 Å². The smallest absolute Gasteiger partial charge is 0.0702 e. The van der Waals surface area contributed by atoms with Crippen LogP contribution in [0, 0.1) is 0 Å². The van der Waals surface area contributed by atoms with E-state index in [9.17, 15) is 5.11 Å². The van der Waals surface area contributed by atoms with Crippen LogP contribution in [0.4, 0.5) is 5.69 Å². The monoisotopic (exact) mass is 282 g/mol. The fraction of sp³-hybridized carbons (Fsp3) is 0.600. The van der Waals surface area contributed by atoms with Crippen LogP contribution >= 0.6 is 11.6 Å². The number of hydrogen-bond donors (Lipinski definition) is 1. The number of hydrogen-bond acceptors (Lipinski definition) is 3. The number of likely N-dealkylation sites (N-methyl/N-ethyl adjacent to an activating group) is 2. The van der Waals surface area contributed by atoms with Gasteiger partial charge in [-0.1, -0.05) is 30.7 Å². The fourth-order valence-corrected chi connectivity index (χ4v) is 3.38. The zero-order chi connectivity index (χ0) is 13.8. The first kappa shape index (κ1) is 14.6. The van der Waals surface area contributed by atoms with Gasteiger partial charge in [0.25, 0.3) is 0 Å². The van der Waals surface area contributed by atoms with E-state index in [-0.39, 0.29) is 6.61 Å². The van der Waals surface area contributed by atoms with Crippen molar-refractivity contribution in [2.45, 2.75) is 32.4 Å². The molecule has 3 nitrogen and oxygen atoms in total. The topological polar surface area (TPSA) is 26.7 Å². The third-order valence-electron chi connectivity index (χ3n) is 4.01.